The van der Waals surface area contributed by atoms with Gasteiger partial charge in [-0.15, -0.1) is 5.10 Å². The van der Waals surface area contributed by atoms with Crippen LogP contribution in [-0.4, -0.2) is 32.3 Å². The molecule has 0 aliphatic heterocycles. The van der Waals surface area contributed by atoms with Gasteiger partial charge >= 0.3 is 5.97 Å². The highest BCUT2D eigenvalue weighted by atomic mass is 16.4. The first-order valence-electron chi connectivity index (χ1n) is 4.65. The molecule has 1 rings (SSSR count). The van der Waals surface area contributed by atoms with Crippen molar-refractivity contribution < 1.29 is 9.90 Å². The maximum absolute atomic E-state index is 10.4. The molecule has 2 N–H and O–H groups in total. The number of hydrogen-bond acceptors (Lipinski definition) is 5. The Morgan fingerprint density at radius 3 is 2.60 bits per heavy atom. The number of rotatable bonds is 4. The van der Waals surface area contributed by atoms with Gasteiger partial charge in [-0.2, -0.15) is 5.10 Å². The van der Waals surface area contributed by atoms with E-state index in [1.54, 1.807) is 6.92 Å². The predicted octanol–water partition coefficient (Wildman–Crippen LogP) is 0.764. The van der Waals surface area contributed by atoms with Crippen molar-refractivity contribution in [3.63, 3.8) is 0 Å². The van der Waals surface area contributed by atoms with Crippen LogP contribution in [0.5, 0.6) is 0 Å². The number of aliphatic carboxylic acids is 1. The quantitative estimate of drug-likeness (QED) is 0.762. The van der Waals surface area contributed by atoms with Crippen molar-refractivity contribution in [2.75, 3.05) is 5.32 Å². The summed E-state index contributed by atoms with van der Waals surface area (Å²) in [5.41, 5.74) is 1.56. The summed E-state index contributed by atoms with van der Waals surface area (Å²) in [5, 5.41) is 19.1. The zero-order chi connectivity index (χ0) is 11.4. The van der Waals surface area contributed by atoms with Crippen molar-refractivity contribution >= 4 is 11.9 Å². The third-order valence-corrected chi connectivity index (χ3v) is 1.95. The van der Waals surface area contributed by atoms with Crippen LogP contribution in [0.4, 0.5) is 5.95 Å². The first-order chi connectivity index (χ1) is 6.99. The lowest BCUT2D eigenvalue weighted by Gasteiger charge is -2.11. The Hall–Kier alpha value is -1.72. The van der Waals surface area contributed by atoms with Crippen molar-refractivity contribution in [1.82, 2.24) is 15.2 Å². The molecule has 0 radical (unpaired) electrons. The highest BCUT2D eigenvalue weighted by molar-refractivity contribution is 5.67. The van der Waals surface area contributed by atoms with Gasteiger partial charge in [-0.3, -0.25) is 4.79 Å². The van der Waals surface area contributed by atoms with Crippen LogP contribution >= 0.6 is 0 Å². The van der Waals surface area contributed by atoms with Crippen LogP contribution in [-0.2, 0) is 4.79 Å². The lowest BCUT2D eigenvalue weighted by molar-refractivity contribution is -0.137. The van der Waals surface area contributed by atoms with Gasteiger partial charge in [0.1, 0.15) is 0 Å². The smallest absolute Gasteiger partial charge is 0.305 e. The second kappa shape index (κ2) is 4.68. The molecular weight excluding hydrogens is 196 g/mol. The summed E-state index contributed by atoms with van der Waals surface area (Å²) in [6.45, 7) is 5.41. The van der Waals surface area contributed by atoms with E-state index < -0.39 is 5.97 Å². The molecule has 0 saturated heterocycles. The monoisotopic (exact) mass is 210 g/mol. The standard InChI is InChI=1S/C9H14N4O2/c1-5(4-8(14)15)10-9-11-6(2)7(3)12-13-9/h5H,4H2,1-3H3,(H,14,15)(H,10,11,13). The van der Waals surface area contributed by atoms with E-state index in [0.29, 0.717) is 5.95 Å². The van der Waals surface area contributed by atoms with Gasteiger partial charge in [0, 0.05) is 6.04 Å². The zero-order valence-electron chi connectivity index (χ0n) is 8.98. The lowest BCUT2D eigenvalue weighted by atomic mass is 10.2. The first kappa shape index (κ1) is 11.4. The van der Waals surface area contributed by atoms with Gasteiger partial charge < -0.3 is 10.4 Å². The van der Waals surface area contributed by atoms with Crippen molar-refractivity contribution in [3.05, 3.63) is 11.4 Å². The molecule has 15 heavy (non-hydrogen) atoms. The van der Waals surface area contributed by atoms with Crippen LogP contribution in [0.2, 0.25) is 0 Å². The minimum absolute atomic E-state index is 0.0241. The Morgan fingerprint density at radius 1 is 1.40 bits per heavy atom. The summed E-state index contributed by atoms with van der Waals surface area (Å²) in [6.07, 6.45) is 0.0241. The molecule has 6 nitrogen and oxygen atoms in total. The summed E-state index contributed by atoms with van der Waals surface area (Å²) in [5.74, 6) is -0.487. The molecule has 0 fully saturated rings. The summed E-state index contributed by atoms with van der Waals surface area (Å²) < 4.78 is 0. The molecular formula is C9H14N4O2. The maximum atomic E-state index is 10.4. The van der Waals surface area contributed by atoms with Crippen molar-refractivity contribution in [1.29, 1.82) is 0 Å². The highest BCUT2D eigenvalue weighted by Crippen LogP contribution is 2.04. The first-order valence-corrected chi connectivity index (χ1v) is 4.65. The SMILES string of the molecule is Cc1nnc(NC(C)CC(=O)O)nc1C. The lowest BCUT2D eigenvalue weighted by Crippen LogP contribution is -2.21. The number of aryl methyl sites for hydroxylation is 2. The number of carboxylic acid groups (broad SMARTS) is 1. The van der Waals surface area contributed by atoms with E-state index in [9.17, 15) is 4.79 Å². The van der Waals surface area contributed by atoms with E-state index in [1.165, 1.54) is 0 Å². The van der Waals surface area contributed by atoms with Gasteiger partial charge in [0.2, 0.25) is 5.95 Å². The number of carbonyl (C=O) groups is 1. The molecule has 1 unspecified atom stereocenters. The Morgan fingerprint density at radius 2 is 2.07 bits per heavy atom. The zero-order valence-corrected chi connectivity index (χ0v) is 8.98. The number of hydrogen-bond donors (Lipinski definition) is 2. The number of anilines is 1. The highest BCUT2D eigenvalue weighted by Gasteiger charge is 2.09. The average Bonchev–Trinajstić information content (AvgIpc) is 2.10. The van der Waals surface area contributed by atoms with Gasteiger partial charge in [0.15, 0.2) is 0 Å². The topological polar surface area (TPSA) is 88.0 Å². The van der Waals surface area contributed by atoms with Gasteiger partial charge in [0.05, 0.1) is 17.8 Å². The molecule has 0 bridgehead atoms. The fourth-order valence-corrected chi connectivity index (χ4v) is 1.05. The number of aromatic nitrogens is 3. The number of carboxylic acids is 1. The van der Waals surface area contributed by atoms with Gasteiger partial charge in [-0.1, -0.05) is 0 Å². The van der Waals surface area contributed by atoms with Gasteiger partial charge in [-0.05, 0) is 20.8 Å². The minimum atomic E-state index is -0.855. The Bertz CT molecular complexity index is 367. The molecule has 0 aliphatic carbocycles. The molecule has 6 heteroatoms. The second-order valence-electron chi connectivity index (χ2n) is 3.45. The Balaban J connectivity index is 2.64. The molecule has 0 saturated carbocycles. The number of nitrogens with one attached hydrogen (secondary N) is 1. The summed E-state index contributed by atoms with van der Waals surface area (Å²) in [6, 6.07) is -0.216. The van der Waals surface area contributed by atoms with Crippen molar-refractivity contribution in [2.45, 2.75) is 33.2 Å². The van der Waals surface area contributed by atoms with Crippen LogP contribution in [0.15, 0.2) is 0 Å². The largest absolute Gasteiger partial charge is 0.481 e. The van der Waals surface area contributed by atoms with E-state index in [0.717, 1.165) is 11.4 Å². The molecule has 1 atom stereocenters. The third-order valence-electron chi connectivity index (χ3n) is 1.95. The fourth-order valence-electron chi connectivity index (χ4n) is 1.05. The molecule has 1 aromatic rings. The maximum Gasteiger partial charge on any atom is 0.305 e. The fraction of sp³-hybridized carbons (Fsp3) is 0.556. The molecule has 82 valence electrons. The van der Waals surface area contributed by atoms with Crippen LogP contribution in [0.25, 0.3) is 0 Å². The van der Waals surface area contributed by atoms with E-state index in [4.69, 9.17) is 5.11 Å². The van der Waals surface area contributed by atoms with Crippen molar-refractivity contribution in [2.24, 2.45) is 0 Å². The summed E-state index contributed by atoms with van der Waals surface area (Å²) in [7, 11) is 0. The van der Waals surface area contributed by atoms with E-state index in [-0.39, 0.29) is 12.5 Å². The molecule has 0 aliphatic rings. The normalized spacial score (nSPS) is 12.2. The van der Waals surface area contributed by atoms with Crippen LogP contribution in [0, 0.1) is 13.8 Å². The van der Waals surface area contributed by atoms with Crippen molar-refractivity contribution in [3.8, 4) is 0 Å². The van der Waals surface area contributed by atoms with Crippen LogP contribution < -0.4 is 5.32 Å². The minimum Gasteiger partial charge on any atom is -0.481 e. The average molecular weight is 210 g/mol. The molecule has 0 spiro atoms. The summed E-state index contributed by atoms with van der Waals surface area (Å²) >= 11 is 0. The predicted molar refractivity (Wildman–Crippen MR) is 54.6 cm³/mol. The third kappa shape index (κ3) is 3.49. The Kier molecular flexibility index (Phi) is 3.54. The molecule has 0 aromatic carbocycles. The van der Waals surface area contributed by atoms with E-state index >= 15 is 0 Å². The molecule has 1 heterocycles. The molecule has 0 amide bonds. The number of nitrogens with zero attached hydrogens (tertiary/aromatic N) is 3. The second-order valence-corrected chi connectivity index (χ2v) is 3.45. The Labute approximate surface area is 87.8 Å². The van der Waals surface area contributed by atoms with Gasteiger partial charge in [0.25, 0.3) is 0 Å². The van der Waals surface area contributed by atoms with Gasteiger partial charge in [-0.25, -0.2) is 4.98 Å². The summed E-state index contributed by atoms with van der Waals surface area (Å²) in [4.78, 5) is 14.6. The van der Waals surface area contributed by atoms with Crippen LogP contribution in [0.1, 0.15) is 24.7 Å². The van der Waals surface area contributed by atoms with E-state index in [1.807, 2.05) is 13.8 Å². The molecule has 1 aromatic heterocycles. The van der Waals surface area contributed by atoms with Crippen LogP contribution in [0.3, 0.4) is 0 Å². The van der Waals surface area contributed by atoms with E-state index in [2.05, 4.69) is 20.5 Å².